The third kappa shape index (κ3) is 3.12. The number of urea groups is 1. The molecular weight excluding hydrogens is 394 g/mol. The molecule has 3 aromatic rings. The van der Waals surface area contributed by atoms with Gasteiger partial charge in [-0.1, -0.05) is 54.1 Å². The van der Waals surface area contributed by atoms with Gasteiger partial charge in [0.1, 0.15) is 10.5 Å². The second kappa shape index (κ2) is 7.36. The van der Waals surface area contributed by atoms with Gasteiger partial charge in [-0.2, -0.15) is 0 Å². The fourth-order valence-corrected chi connectivity index (χ4v) is 5.30. The molecule has 0 saturated carbocycles. The average Bonchev–Trinajstić information content (AvgIpc) is 3.25. The normalized spacial score (nSPS) is 20.9. The number of nitrogens with one attached hydrogen (secondary N) is 1. The summed E-state index contributed by atoms with van der Waals surface area (Å²) in [4.78, 5) is 32.4. The number of carbonyl (C=O) groups is 2. The topological polar surface area (TPSA) is 62.3 Å². The summed E-state index contributed by atoms with van der Waals surface area (Å²) in [6.45, 7) is 2.24. The zero-order valence-electron chi connectivity index (χ0n) is 16.9. The van der Waals surface area contributed by atoms with E-state index in [1.54, 1.807) is 0 Å². The third-order valence-electron chi connectivity index (χ3n) is 6.07. The Morgan fingerprint density at radius 3 is 2.73 bits per heavy atom. The maximum atomic E-state index is 13.5. The molecule has 1 unspecified atom stereocenters. The number of carbonyl (C=O) groups excluding carboxylic acids is 2. The van der Waals surface area contributed by atoms with Gasteiger partial charge in [0.2, 0.25) is 0 Å². The van der Waals surface area contributed by atoms with Crippen LogP contribution in [-0.2, 0) is 23.3 Å². The zero-order valence-corrected chi connectivity index (χ0v) is 17.7. The van der Waals surface area contributed by atoms with E-state index in [4.69, 9.17) is 0 Å². The summed E-state index contributed by atoms with van der Waals surface area (Å²) in [6, 6.07) is 15.9. The van der Waals surface area contributed by atoms with Crippen LogP contribution in [0.25, 0.3) is 10.6 Å². The fourth-order valence-electron chi connectivity index (χ4n) is 4.49. The Morgan fingerprint density at radius 2 is 1.90 bits per heavy atom. The Hall–Kier alpha value is -2.99. The Balaban J connectivity index is 1.43. The number of rotatable bonds is 3. The molecule has 5 nitrogen and oxygen atoms in total. The van der Waals surface area contributed by atoms with Crippen molar-refractivity contribution in [2.75, 3.05) is 0 Å². The SMILES string of the molecule is Cc1ccc(-c2nc(CN3C(=O)NC4(CCCCc5ccccc54)C3=O)cs2)cc1. The minimum atomic E-state index is -0.944. The smallest absolute Gasteiger partial charge is 0.319 e. The molecule has 3 amide bonds. The van der Waals surface area contributed by atoms with E-state index in [9.17, 15) is 9.59 Å². The van der Waals surface area contributed by atoms with Crippen molar-refractivity contribution in [3.8, 4) is 10.6 Å². The lowest BCUT2D eigenvalue weighted by atomic mass is 9.84. The predicted molar refractivity (Wildman–Crippen MR) is 117 cm³/mol. The van der Waals surface area contributed by atoms with E-state index in [2.05, 4.69) is 35.4 Å². The molecule has 1 aliphatic heterocycles. The van der Waals surface area contributed by atoms with Crippen molar-refractivity contribution in [1.82, 2.24) is 15.2 Å². The van der Waals surface area contributed by atoms with Gasteiger partial charge in [0.05, 0.1) is 12.2 Å². The highest BCUT2D eigenvalue weighted by molar-refractivity contribution is 7.13. The van der Waals surface area contributed by atoms with Crippen LogP contribution < -0.4 is 5.32 Å². The molecule has 1 atom stereocenters. The van der Waals surface area contributed by atoms with E-state index in [0.29, 0.717) is 6.42 Å². The molecule has 6 heteroatoms. The molecular formula is C24H23N3O2S. The van der Waals surface area contributed by atoms with Crippen LogP contribution in [0.15, 0.2) is 53.9 Å². The highest BCUT2D eigenvalue weighted by Crippen LogP contribution is 2.39. The number of fused-ring (bicyclic) bond motifs is 2. The summed E-state index contributed by atoms with van der Waals surface area (Å²) in [5, 5.41) is 5.87. The first-order valence-electron chi connectivity index (χ1n) is 10.3. The molecule has 1 fully saturated rings. The number of imide groups is 1. The van der Waals surface area contributed by atoms with Gasteiger partial charge in [-0.05, 0) is 43.7 Å². The maximum Gasteiger partial charge on any atom is 0.325 e. The van der Waals surface area contributed by atoms with Crippen molar-refractivity contribution in [3.05, 3.63) is 76.3 Å². The molecule has 1 spiro atoms. The first-order valence-corrected chi connectivity index (χ1v) is 11.2. The summed E-state index contributed by atoms with van der Waals surface area (Å²) in [5.74, 6) is -0.160. The Kier molecular flexibility index (Phi) is 4.66. The molecule has 2 heterocycles. The molecule has 30 heavy (non-hydrogen) atoms. The number of aryl methyl sites for hydroxylation is 2. The number of nitrogens with zero attached hydrogens (tertiary/aromatic N) is 2. The Morgan fingerprint density at radius 1 is 1.10 bits per heavy atom. The van der Waals surface area contributed by atoms with Gasteiger partial charge in [-0.15, -0.1) is 11.3 Å². The van der Waals surface area contributed by atoms with Gasteiger partial charge in [0.25, 0.3) is 5.91 Å². The largest absolute Gasteiger partial charge is 0.325 e. The number of amides is 3. The molecule has 0 radical (unpaired) electrons. The Bertz CT molecular complexity index is 1120. The van der Waals surface area contributed by atoms with Gasteiger partial charge >= 0.3 is 6.03 Å². The van der Waals surface area contributed by atoms with Crippen LogP contribution in [0.4, 0.5) is 4.79 Å². The minimum absolute atomic E-state index is 0.160. The Labute approximate surface area is 179 Å². The quantitative estimate of drug-likeness (QED) is 0.623. The monoisotopic (exact) mass is 417 g/mol. The molecule has 1 saturated heterocycles. The summed E-state index contributed by atoms with van der Waals surface area (Å²) >= 11 is 1.53. The number of hydrogen-bond acceptors (Lipinski definition) is 4. The molecule has 1 aliphatic carbocycles. The second-order valence-electron chi connectivity index (χ2n) is 8.10. The lowest BCUT2D eigenvalue weighted by molar-refractivity contribution is -0.132. The highest BCUT2D eigenvalue weighted by Gasteiger charge is 2.53. The van der Waals surface area contributed by atoms with Crippen molar-refractivity contribution in [3.63, 3.8) is 0 Å². The average molecular weight is 418 g/mol. The van der Waals surface area contributed by atoms with Crippen molar-refractivity contribution in [2.45, 2.75) is 44.7 Å². The van der Waals surface area contributed by atoms with Crippen molar-refractivity contribution in [1.29, 1.82) is 0 Å². The fraction of sp³-hybridized carbons (Fsp3) is 0.292. The molecule has 2 aliphatic rings. The minimum Gasteiger partial charge on any atom is -0.319 e. The first-order chi connectivity index (χ1) is 14.6. The maximum absolute atomic E-state index is 13.5. The van der Waals surface area contributed by atoms with Crippen molar-refractivity contribution >= 4 is 23.3 Å². The van der Waals surface area contributed by atoms with E-state index in [-0.39, 0.29) is 18.5 Å². The van der Waals surface area contributed by atoms with Gasteiger partial charge < -0.3 is 5.32 Å². The van der Waals surface area contributed by atoms with Gasteiger partial charge in [-0.25, -0.2) is 9.78 Å². The number of thiazole rings is 1. The van der Waals surface area contributed by atoms with Crippen LogP contribution in [-0.4, -0.2) is 21.8 Å². The molecule has 152 valence electrons. The predicted octanol–water partition coefficient (Wildman–Crippen LogP) is 4.79. The standard InChI is InChI=1S/C24H23N3O2S/c1-16-9-11-18(12-10-16)21-25-19(15-30-21)14-27-22(28)24(26-23(27)29)13-5-4-7-17-6-2-3-8-20(17)24/h2-3,6,8-12,15H,4-5,7,13-14H2,1H3,(H,26,29). The summed E-state index contributed by atoms with van der Waals surface area (Å²) in [7, 11) is 0. The van der Waals surface area contributed by atoms with Crippen LogP contribution >= 0.6 is 11.3 Å². The van der Waals surface area contributed by atoms with E-state index in [1.165, 1.54) is 21.8 Å². The van der Waals surface area contributed by atoms with Crippen LogP contribution in [0.3, 0.4) is 0 Å². The molecule has 1 aromatic heterocycles. The van der Waals surface area contributed by atoms with Crippen molar-refractivity contribution in [2.24, 2.45) is 0 Å². The van der Waals surface area contributed by atoms with E-state index in [1.807, 2.05) is 35.7 Å². The van der Waals surface area contributed by atoms with E-state index in [0.717, 1.165) is 46.7 Å². The first kappa shape index (κ1) is 19.0. The zero-order chi connectivity index (χ0) is 20.7. The lowest BCUT2D eigenvalue weighted by Crippen LogP contribution is -2.44. The summed E-state index contributed by atoms with van der Waals surface area (Å²) < 4.78 is 0. The van der Waals surface area contributed by atoms with Crippen LogP contribution in [0.5, 0.6) is 0 Å². The molecule has 1 N–H and O–H groups in total. The van der Waals surface area contributed by atoms with Crippen LogP contribution in [0, 0.1) is 6.92 Å². The molecule has 2 aromatic carbocycles. The lowest BCUT2D eigenvalue weighted by Gasteiger charge is -2.27. The van der Waals surface area contributed by atoms with Crippen LogP contribution in [0.1, 0.15) is 41.6 Å². The van der Waals surface area contributed by atoms with Gasteiger partial charge in [0.15, 0.2) is 0 Å². The van der Waals surface area contributed by atoms with E-state index < -0.39 is 5.54 Å². The number of aromatic nitrogens is 1. The van der Waals surface area contributed by atoms with Gasteiger partial charge in [0, 0.05) is 10.9 Å². The number of hydrogen-bond donors (Lipinski definition) is 1. The molecule has 5 rings (SSSR count). The third-order valence-corrected chi connectivity index (χ3v) is 7.01. The second-order valence-corrected chi connectivity index (χ2v) is 8.96. The summed E-state index contributed by atoms with van der Waals surface area (Å²) in [6.07, 6.45) is 3.50. The summed E-state index contributed by atoms with van der Waals surface area (Å²) in [5.41, 5.74) is 4.13. The van der Waals surface area contributed by atoms with Crippen molar-refractivity contribution < 1.29 is 9.59 Å². The van der Waals surface area contributed by atoms with Crippen LogP contribution in [0.2, 0.25) is 0 Å². The number of benzene rings is 2. The van der Waals surface area contributed by atoms with E-state index >= 15 is 0 Å². The molecule has 0 bridgehead atoms. The van der Waals surface area contributed by atoms with Gasteiger partial charge in [-0.3, -0.25) is 9.69 Å². The highest BCUT2D eigenvalue weighted by atomic mass is 32.1.